The van der Waals surface area contributed by atoms with E-state index in [1.54, 1.807) is 0 Å². The molecule has 0 bridgehead atoms. The van der Waals surface area contributed by atoms with E-state index in [1.807, 2.05) is 30.9 Å². The van der Waals surface area contributed by atoms with Gasteiger partial charge in [0.25, 0.3) is 0 Å². The monoisotopic (exact) mass is 339 g/mol. The summed E-state index contributed by atoms with van der Waals surface area (Å²) in [6.45, 7) is 7.24. The van der Waals surface area contributed by atoms with Crippen LogP contribution in [0, 0.1) is 20.8 Å². The third-order valence-corrected chi connectivity index (χ3v) is 4.44. The molecule has 1 amide bonds. The van der Waals surface area contributed by atoms with Crippen LogP contribution < -0.4 is 4.74 Å². The second-order valence-corrected chi connectivity index (χ2v) is 6.75. The summed E-state index contributed by atoms with van der Waals surface area (Å²) in [5.41, 5.74) is 3.34. The fourth-order valence-electron chi connectivity index (χ4n) is 3.24. The summed E-state index contributed by atoms with van der Waals surface area (Å²) < 4.78 is 5.95. The second-order valence-electron chi connectivity index (χ2n) is 6.75. The van der Waals surface area contributed by atoms with Crippen molar-refractivity contribution < 1.29 is 9.53 Å². The average molecular weight is 339 g/mol. The first kappa shape index (κ1) is 17.4. The van der Waals surface area contributed by atoms with Crippen molar-refractivity contribution in [2.45, 2.75) is 46.1 Å². The summed E-state index contributed by atoms with van der Waals surface area (Å²) in [6, 6.07) is 10.2. The van der Waals surface area contributed by atoms with Crippen molar-refractivity contribution in [3.8, 4) is 5.88 Å². The zero-order valence-electron chi connectivity index (χ0n) is 15.2. The molecule has 0 N–H and O–H groups in total. The Morgan fingerprint density at radius 2 is 2.08 bits per heavy atom. The highest BCUT2D eigenvalue weighted by Crippen LogP contribution is 2.18. The molecule has 2 heterocycles. The van der Waals surface area contributed by atoms with E-state index in [2.05, 4.69) is 35.1 Å². The van der Waals surface area contributed by atoms with Crippen molar-refractivity contribution in [3.63, 3.8) is 0 Å². The summed E-state index contributed by atoms with van der Waals surface area (Å²) in [5, 5.41) is 0. The lowest BCUT2D eigenvalue weighted by atomic mass is 10.1. The molecule has 0 radical (unpaired) electrons. The molecule has 5 nitrogen and oxygen atoms in total. The first-order chi connectivity index (χ1) is 12.0. The fraction of sp³-hybridized carbons (Fsp3) is 0.450. The van der Waals surface area contributed by atoms with Gasteiger partial charge in [-0.1, -0.05) is 29.8 Å². The van der Waals surface area contributed by atoms with Gasteiger partial charge in [-0.3, -0.25) is 4.79 Å². The van der Waals surface area contributed by atoms with E-state index < -0.39 is 0 Å². The molecule has 3 rings (SSSR count). The molecule has 1 aromatic heterocycles. The molecule has 25 heavy (non-hydrogen) atoms. The largest absolute Gasteiger partial charge is 0.472 e. The normalized spacial score (nSPS) is 16.9. The Balaban J connectivity index is 1.50. The zero-order valence-corrected chi connectivity index (χ0v) is 15.2. The molecule has 0 aliphatic carbocycles. The van der Waals surface area contributed by atoms with Gasteiger partial charge in [0.05, 0.1) is 6.54 Å². The summed E-state index contributed by atoms with van der Waals surface area (Å²) >= 11 is 0. The summed E-state index contributed by atoms with van der Waals surface area (Å²) in [4.78, 5) is 22.9. The van der Waals surface area contributed by atoms with E-state index >= 15 is 0 Å². The van der Waals surface area contributed by atoms with Gasteiger partial charge < -0.3 is 9.64 Å². The minimum Gasteiger partial charge on any atom is -0.472 e. The van der Waals surface area contributed by atoms with Crippen LogP contribution in [-0.2, 0) is 11.2 Å². The Hall–Kier alpha value is -2.43. The van der Waals surface area contributed by atoms with Gasteiger partial charge in [-0.15, -0.1) is 0 Å². The van der Waals surface area contributed by atoms with Crippen molar-refractivity contribution in [2.24, 2.45) is 0 Å². The predicted molar refractivity (Wildman–Crippen MR) is 96.6 cm³/mol. The van der Waals surface area contributed by atoms with E-state index in [0.29, 0.717) is 24.7 Å². The van der Waals surface area contributed by atoms with E-state index in [0.717, 1.165) is 25.1 Å². The number of aromatic nitrogens is 2. The summed E-state index contributed by atoms with van der Waals surface area (Å²) in [7, 11) is 0. The quantitative estimate of drug-likeness (QED) is 0.840. The minimum atomic E-state index is 0.0108. The first-order valence-corrected chi connectivity index (χ1v) is 8.82. The molecule has 1 saturated heterocycles. The molecule has 0 unspecified atom stereocenters. The van der Waals surface area contributed by atoms with E-state index in [-0.39, 0.29) is 12.0 Å². The second kappa shape index (κ2) is 7.64. The molecule has 1 aliphatic heterocycles. The molecule has 1 aliphatic rings. The van der Waals surface area contributed by atoms with E-state index in [1.165, 1.54) is 11.1 Å². The number of benzene rings is 1. The highest BCUT2D eigenvalue weighted by atomic mass is 16.5. The lowest BCUT2D eigenvalue weighted by Gasteiger charge is -2.17. The maximum absolute atomic E-state index is 12.5. The third-order valence-electron chi connectivity index (χ3n) is 4.44. The number of ether oxygens (including phenoxy) is 1. The van der Waals surface area contributed by atoms with Gasteiger partial charge in [0, 0.05) is 31.1 Å². The van der Waals surface area contributed by atoms with Crippen molar-refractivity contribution in [1.82, 2.24) is 14.9 Å². The molecule has 0 spiro atoms. The van der Waals surface area contributed by atoms with Crippen LogP contribution in [0.5, 0.6) is 5.88 Å². The SMILES string of the molecule is Cc1cccc(CCC(=O)N2CC[C@H](Oc3cc(C)nc(C)n3)C2)c1. The zero-order chi connectivity index (χ0) is 17.8. The van der Waals surface area contributed by atoms with Crippen LogP contribution in [0.1, 0.15) is 35.5 Å². The van der Waals surface area contributed by atoms with Crippen molar-refractivity contribution in [1.29, 1.82) is 0 Å². The minimum absolute atomic E-state index is 0.0108. The molecule has 0 saturated carbocycles. The number of amides is 1. The average Bonchev–Trinajstić information content (AvgIpc) is 3.00. The van der Waals surface area contributed by atoms with Crippen LogP contribution in [0.25, 0.3) is 0 Å². The predicted octanol–water partition coefficient (Wildman–Crippen LogP) is 3.01. The maximum atomic E-state index is 12.5. The Morgan fingerprint density at radius 3 is 2.84 bits per heavy atom. The maximum Gasteiger partial charge on any atom is 0.223 e. The molecule has 5 heteroatoms. The van der Waals surface area contributed by atoms with Gasteiger partial charge in [-0.2, -0.15) is 4.98 Å². The third kappa shape index (κ3) is 4.78. The van der Waals surface area contributed by atoms with Crippen LogP contribution in [0.4, 0.5) is 0 Å². The van der Waals surface area contributed by atoms with E-state index in [9.17, 15) is 4.79 Å². The number of hydrogen-bond donors (Lipinski definition) is 0. The Bertz CT molecular complexity index is 740. The number of carbonyl (C=O) groups excluding carboxylic acids is 1. The van der Waals surface area contributed by atoms with Crippen LogP contribution in [0.15, 0.2) is 30.3 Å². The van der Waals surface area contributed by atoms with Crippen LogP contribution in [0.3, 0.4) is 0 Å². The van der Waals surface area contributed by atoms with Gasteiger partial charge in [-0.25, -0.2) is 4.98 Å². The topological polar surface area (TPSA) is 55.3 Å². The first-order valence-electron chi connectivity index (χ1n) is 8.82. The molecule has 1 atom stereocenters. The molecule has 132 valence electrons. The Kier molecular flexibility index (Phi) is 5.31. The van der Waals surface area contributed by atoms with Crippen molar-refractivity contribution in [2.75, 3.05) is 13.1 Å². The number of aryl methyl sites for hydroxylation is 4. The van der Waals surface area contributed by atoms with Gasteiger partial charge in [0.1, 0.15) is 11.9 Å². The fourth-order valence-corrected chi connectivity index (χ4v) is 3.24. The summed E-state index contributed by atoms with van der Waals surface area (Å²) in [6.07, 6.45) is 2.18. The number of rotatable bonds is 5. The number of likely N-dealkylation sites (tertiary alicyclic amines) is 1. The highest BCUT2D eigenvalue weighted by Gasteiger charge is 2.27. The lowest BCUT2D eigenvalue weighted by Crippen LogP contribution is -2.31. The number of nitrogens with zero attached hydrogens (tertiary/aromatic N) is 3. The summed E-state index contributed by atoms with van der Waals surface area (Å²) in [5.74, 6) is 1.51. The molecule has 1 fully saturated rings. The Labute approximate surface area is 149 Å². The smallest absolute Gasteiger partial charge is 0.223 e. The van der Waals surface area contributed by atoms with Gasteiger partial charge >= 0.3 is 0 Å². The van der Waals surface area contributed by atoms with Gasteiger partial charge in [0.2, 0.25) is 11.8 Å². The lowest BCUT2D eigenvalue weighted by molar-refractivity contribution is -0.130. The van der Waals surface area contributed by atoms with Crippen molar-refractivity contribution in [3.05, 3.63) is 53.0 Å². The highest BCUT2D eigenvalue weighted by molar-refractivity contribution is 5.76. The van der Waals surface area contributed by atoms with Gasteiger partial charge in [-0.05, 0) is 32.8 Å². The molecular formula is C20H25N3O2. The number of hydrogen-bond acceptors (Lipinski definition) is 4. The van der Waals surface area contributed by atoms with E-state index in [4.69, 9.17) is 4.74 Å². The molecule has 1 aromatic carbocycles. The van der Waals surface area contributed by atoms with Crippen molar-refractivity contribution >= 4 is 5.91 Å². The number of carbonyl (C=O) groups is 1. The van der Waals surface area contributed by atoms with Crippen LogP contribution in [0.2, 0.25) is 0 Å². The van der Waals surface area contributed by atoms with Gasteiger partial charge in [0.15, 0.2) is 0 Å². The standard InChI is InChI=1S/C20H25N3O2/c1-14-5-4-6-17(11-14)7-8-20(24)23-10-9-18(13-23)25-19-12-15(2)21-16(3)22-19/h4-6,11-12,18H,7-10,13H2,1-3H3/t18-/m0/s1. The Morgan fingerprint density at radius 1 is 1.24 bits per heavy atom. The molecule has 2 aromatic rings. The van der Waals surface area contributed by atoms with Crippen LogP contribution >= 0.6 is 0 Å². The molecular weight excluding hydrogens is 314 g/mol. The van der Waals surface area contributed by atoms with Crippen LogP contribution in [-0.4, -0.2) is 40.0 Å².